The molecular weight excluding hydrogens is 433 g/mol. The maximum atomic E-state index is 10.6. The zero-order chi connectivity index (χ0) is 20.4. The summed E-state index contributed by atoms with van der Waals surface area (Å²) in [5, 5.41) is 16.2. The first-order valence-corrected chi connectivity index (χ1v) is 10.8. The molecule has 0 radical (unpaired) electrons. The Labute approximate surface area is 181 Å². The molecule has 0 bridgehead atoms. The molecule has 0 saturated carbocycles. The molecule has 1 N–H and O–H groups in total. The Morgan fingerprint density at radius 2 is 2.07 bits per heavy atom. The molecule has 4 rings (SSSR count). The number of hydrogen-bond donors (Lipinski definition) is 1. The summed E-state index contributed by atoms with van der Waals surface area (Å²) in [4.78, 5) is 22.1. The molecule has 1 aliphatic carbocycles. The number of benzene rings is 1. The van der Waals surface area contributed by atoms with Crippen LogP contribution < -0.4 is 10.4 Å². The van der Waals surface area contributed by atoms with Gasteiger partial charge in [-0.15, -0.1) is 11.3 Å². The van der Waals surface area contributed by atoms with Gasteiger partial charge in [0.25, 0.3) is 0 Å². The van der Waals surface area contributed by atoms with E-state index in [0.717, 1.165) is 35.0 Å². The number of nitrogens with zero attached hydrogens (tertiary/aromatic N) is 2. The number of fused-ring (bicyclic) bond motifs is 3. The lowest BCUT2D eigenvalue weighted by Crippen LogP contribution is -2.27. The van der Waals surface area contributed by atoms with Gasteiger partial charge in [-0.05, 0) is 48.9 Å². The summed E-state index contributed by atoms with van der Waals surface area (Å²) in [5.41, 5.74) is 2.21. The Hall–Kier alpha value is -1.93. The van der Waals surface area contributed by atoms with Crippen LogP contribution in [0, 0.1) is 0 Å². The van der Waals surface area contributed by atoms with E-state index >= 15 is 0 Å². The van der Waals surface area contributed by atoms with Gasteiger partial charge < -0.3 is 20.0 Å². The summed E-state index contributed by atoms with van der Waals surface area (Å²) in [6.07, 6.45) is 4.39. The van der Waals surface area contributed by atoms with E-state index in [0.29, 0.717) is 28.2 Å². The lowest BCUT2D eigenvalue weighted by atomic mass is 9.97. The lowest BCUT2D eigenvalue weighted by molar-refractivity contribution is -0.309. The molecule has 29 heavy (non-hydrogen) atoms. The van der Waals surface area contributed by atoms with Crippen molar-refractivity contribution in [1.82, 2.24) is 9.97 Å². The Kier molecular flexibility index (Phi) is 6.20. The summed E-state index contributed by atoms with van der Waals surface area (Å²) >= 11 is 14.0. The number of carbonyl (C=O) groups is 1. The summed E-state index contributed by atoms with van der Waals surface area (Å²) < 4.78 is 5.14. The molecule has 0 spiro atoms. The van der Waals surface area contributed by atoms with Crippen LogP contribution in [-0.4, -0.2) is 22.5 Å². The molecule has 9 heteroatoms. The van der Waals surface area contributed by atoms with Gasteiger partial charge in [0.1, 0.15) is 17.3 Å². The van der Waals surface area contributed by atoms with E-state index in [4.69, 9.17) is 27.9 Å². The Balaban J connectivity index is 1.66. The van der Waals surface area contributed by atoms with Gasteiger partial charge in [0.15, 0.2) is 5.82 Å². The number of anilines is 1. The average Bonchev–Trinajstić information content (AvgIpc) is 3.05. The van der Waals surface area contributed by atoms with Gasteiger partial charge in [0.2, 0.25) is 0 Å². The number of rotatable bonds is 7. The van der Waals surface area contributed by atoms with Crippen molar-refractivity contribution in [3.63, 3.8) is 0 Å². The summed E-state index contributed by atoms with van der Waals surface area (Å²) in [5.74, 6) is -0.122. The number of hydrogen-bond acceptors (Lipinski definition) is 7. The largest absolute Gasteiger partial charge is 0.548 e. The molecule has 0 fully saturated rings. The fourth-order valence-corrected chi connectivity index (χ4v) is 5.22. The van der Waals surface area contributed by atoms with Crippen molar-refractivity contribution in [1.29, 1.82) is 0 Å². The second-order valence-corrected chi connectivity index (χ2v) is 8.76. The van der Waals surface area contributed by atoms with Crippen LogP contribution in [0.2, 0.25) is 10.0 Å². The quantitative estimate of drug-likeness (QED) is 0.589. The molecule has 3 aromatic rings. The zero-order valence-corrected chi connectivity index (χ0v) is 17.8. The SMILES string of the molecule is O=C([O-])COCc1nc(NCc2ccc(Cl)cc2Cl)c2c3c(sc2n1)CCCC3. The number of carboxylic acids is 1. The van der Waals surface area contributed by atoms with E-state index in [1.807, 2.05) is 6.07 Å². The number of carboxylic acid groups (broad SMARTS) is 1. The zero-order valence-electron chi connectivity index (χ0n) is 15.5. The number of carbonyl (C=O) groups excluding carboxylic acids is 1. The molecule has 0 aliphatic heterocycles. The highest BCUT2D eigenvalue weighted by molar-refractivity contribution is 7.19. The van der Waals surface area contributed by atoms with E-state index in [-0.39, 0.29) is 6.61 Å². The Morgan fingerprint density at radius 1 is 1.24 bits per heavy atom. The van der Waals surface area contributed by atoms with Gasteiger partial charge in [0, 0.05) is 21.5 Å². The third-order valence-electron chi connectivity index (χ3n) is 4.77. The highest BCUT2D eigenvalue weighted by Gasteiger charge is 2.21. The predicted molar refractivity (Wildman–Crippen MR) is 113 cm³/mol. The lowest BCUT2D eigenvalue weighted by Gasteiger charge is -2.14. The van der Waals surface area contributed by atoms with Gasteiger partial charge in [-0.1, -0.05) is 29.3 Å². The van der Waals surface area contributed by atoms with Crippen LogP contribution in [0.5, 0.6) is 0 Å². The highest BCUT2D eigenvalue weighted by Crippen LogP contribution is 2.39. The summed E-state index contributed by atoms with van der Waals surface area (Å²) in [6.45, 7) is -0.0135. The number of thiophene rings is 1. The van der Waals surface area contributed by atoms with Crippen molar-refractivity contribution in [3.05, 3.63) is 50.1 Å². The molecular formula is C20H18Cl2N3O3S-. The average molecular weight is 451 g/mol. The number of aryl methyl sites for hydroxylation is 2. The van der Waals surface area contributed by atoms with E-state index < -0.39 is 12.6 Å². The maximum Gasteiger partial charge on any atom is 0.158 e. The number of aliphatic carboxylic acids is 1. The second kappa shape index (κ2) is 8.83. The monoisotopic (exact) mass is 450 g/mol. The van der Waals surface area contributed by atoms with Crippen LogP contribution in [0.15, 0.2) is 18.2 Å². The van der Waals surface area contributed by atoms with Gasteiger partial charge in [-0.3, -0.25) is 0 Å². The molecule has 0 unspecified atom stereocenters. The molecule has 1 aromatic carbocycles. The molecule has 0 amide bonds. The molecule has 2 heterocycles. The maximum absolute atomic E-state index is 10.6. The second-order valence-electron chi connectivity index (χ2n) is 6.83. The number of ether oxygens (including phenoxy) is 1. The van der Waals surface area contributed by atoms with Gasteiger partial charge in [-0.25, -0.2) is 9.97 Å². The third kappa shape index (κ3) is 4.64. The van der Waals surface area contributed by atoms with Crippen LogP contribution in [0.25, 0.3) is 10.2 Å². The normalized spacial score (nSPS) is 13.4. The predicted octanol–water partition coefficient (Wildman–Crippen LogP) is 3.76. The third-order valence-corrected chi connectivity index (χ3v) is 6.55. The van der Waals surface area contributed by atoms with Crippen LogP contribution in [-0.2, 0) is 35.5 Å². The topological polar surface area (TPSA) is 87.2 Å². The van der Waals surface area contributed by atoms with Crippen molar-refractivity contribution in [3.8, 4) is 0 Å². The fraction of sp³-hybridized carbons (Fsp3) is 0.350. The van der Waals surface area contributed by atoms with Crippen LogP contribution in [0.4, 0.5) is 5.82 Å². The standard InChI is InChI=1S/C20H19Cl2N3O3S/c21-12-6-5-11(14(22)7-12)8-23-19-18-13-3-1-2-4-15(13)29-20(18)25-16(24-19)9-28-10-17(26)27/h5-7H,1-4,8-10H2,(H,26,27)(H,23,24,25)/p-1. The van der Waals surface area contributed by atoms with Crippen LogP contribution in [0.1, 0.15) is 34.7 Å². The first-order chi connectivity index (χ1) is 14.0. The fourth-order valence-electron chi connectivity index (χ4n) is 3.46. The first kappa shape index (κ1) is 20.3. The highest BCUT2D eigenvalue weighted by atomic mass is 35.5. The van der Waals surface area contributed by atoms with Crippen molar-refractivity contribution < 1.29 is 14.6 Å². The van der Waals surface area contributed by atoms with E-state index in [2.05, 4.69) is 15.3 Å². The van der Waals surface area contributed by atoms with E-state index in [1.54, 1.807) is 23.5 Å². The van der Waals surface area contributed by atoms with Crippen molar-refractivity contribution in [2.24, 2.45) is 0 Å². The minimum Gasteiger partial charge on any atom is -0.548 e. The molecule has 0 saturated heterocycles. The minimum atomic E-state index is -1.27. The van der Waals surface area contributed by atoms with Gasteiger partial charge in [0.05, 0.1) is 18.0 Å². The van der Waals surface area contributed by atoms with E-state index in [1.165, 1.54) is 16.9 Å². The first-order valence-electron chi connectivity index (χ1n) is 9.28. The number of nitrogens with one attached hydrogen (secondary N) is 1. The smallest absolute Gasteiger partial charge is 0.158 e. The van der Waals surface area contributed by atoms with Gasteiger partial charge >= 0.3 is 0 Å². The van der Waals surface area contributed by atoms with Crippen molar-refractivity contribution in [2.75, 3.05) is 11.9 Å². The van der Waals surface area contributed by atoms with Crippen molar-refractivity contribution >= 4 is 56.5 Å². The van der Waals surface area contributed by atoms with Crippen LogP contribution in [0.3, 0.4) is 0 Å². The number of halogens is 2. The van der Waals surface area contributed by atoms with E-state index in [9.17, 15) is 9.90 Å². The molecule has 6 nitrogen and oxygen atoms in total. The molecule has 152 valence electrons. The summed E-state index contributed by atoms with van der Waals surface area (Å²) in [6, 6.07) is 5.38. The minimum absolute atomic E-state index is 0.00284. The van der Waals surface area contributed by atoms with Gasteiger partial charge in [-0.2, -0.15) is 0 Å². The number of aromatic nitrogens is 2. The Bertz CT molecular complexity index is 1070. The van der Waals surface area contributed by atoms with Crippen LogP contribution >= 0.6 is 34.5 Å². The van der Waals surface area contributed by atoms with Crippen molar-refractivity contribution in [2.45, 2.75) is 38.8 Å². The summed E-state index contributed by atoms with van der Waals surface area (Å²) in [7, 11) is 0. The molecule has 0 atom stereocenters. The molecule has 2 aromatic heterocycles. The molecule has 1 aliphatic rings. The Morgan fingerprint density at radius 3 is 2.86 bits per heavy atom.